The van der Waals surface area contributed by atoms with Crippen LogP contribution in [0.1, 0.15) is 13.3 Å². The summed E-state index contributed by atoms with van der Waals surface area (Å²) < 4.78 is 30.3. The van der Waals surface area contributed by atoms with Gasteiger partial charge < -0.3 is 4.74 Å². The fourth-order valence-corrected chi connectivity index (χ4v) is 2.47. The van der Waals surface area contributed by atoms with Crippen LogP contribution >= 0.6 is 12.2 Å². The number of carbonyl (C=O) groups excluding carboxylic acids is 1. The number of hydrogen-bond acceptors (Lipinski definition) is 6. The number of nitrogens with one attached hydrogen (secondary N) is 1. The zero-order valence-corrected chi connectivity index (χ0v) is 11.3. The van der Waals surface area contributed by atoms with Crippen LogP contribution in [0.4, 0.5) is 0 Å². The molecule has 0 aliphatic heterocycles. The average Bonchev–Trinajstić information content (AvgIpc) is 2.29. The van der Waals surface area contributed by atoms with Gasteiger partial charge in [-0.1, -0.05) is 18.3 Å². The highest BCUT2D eigenvalue weighted by molar-refractivity contribution is 7.91. The number of pyridine rings is 1. The second kappa shape index (κ2) is 6.41. The standard InChI is InChI=1S/C10H12N2O4S2/c1-2-16-10(13)7-8(17)12-18(14,15)9-5-3-4-6-11-9/h3-6H,2,7H2,1H3,(H,12,17). The molecule has 1 heterocycles. The molecule has 0 amide bonds. The summed E-state index contributed by atoms with van der Waals surface area (Å²) in [5, 5.41) is -0.156. The Bertz CT molecular complexity index is 528. The molecule has 0 spiro atoms. The lowest BCUT2D eigenvalue weighted by Gasteiger charge is -2.07. The highest BCUT2D eigenvalue weighted by Gasteiger charge is 2.18. The van der Waals surface area contributed by atoms with Crippen molar-refractivity contribution in [2.24, 2.45) is 0 Å². The summed E-state index contributed by atoms with van der Waals surface area (Å²) in [4.78, 5) is 14.7. The van der Waals surface area contributed by atoms with Crippen LogP contribution in [-0.2, 0) is 19.6 Å². The first-order chi connectivity index (χ1) is 8.45. The molecule has 0 aliphatic rings. The molecule has 1 aromatic heterocycles. The molecule has 1 N–H and O–H groups in total. The quantitative estimate of drug-likeness (QED) is 0.632. The number of hydrogen-bond donors (Lipinski definition) is 1. The summed E-state index contributed by atoms with van der Waals surface area (Å²) >= 11 is 4.77. The molecule has 0 radical (unpaired) electrons. The number of rotatable bonds is 5. The molecule has 8 heteroatoms. The Kier molecular flexibility index (Phi) is 5.17. The predicted octanol–water partition coefficient (Wildman–Crippen LogP) is 0.641. The van der Waals surface area contributed by atoms with Crippen molar-refractivity contribution in [3.05, 3.63) is 24.4 Å². The smallest absolute Gasteiger partial charge is 0.312 e. The Balaban J connectivity index is 2.67. The highest BCUT2D eigenvalue weighted by atomic mass is 32.2. The Morgan fingerprint density at radius 3 is 2.78 bits per heavy atom. The van der Waals surface area contributed by atoms with Crippen LogP contribution in [0.25, 0.3) is 0 Å². The van der Waals surface area contributed by atoms with E-state index in [1.807, 2.05) is 0 Å². The molecule has 0 unspecified atom stereocenters. The largest absolute Gasteiger partial charge is 0.466 e. The molecule has 18 heavy (non-hydrogen) atoms. The first-order valence-corrected chi connectivity index (χ1v) is 6.97. The summed E-state index contributed by atoms with van der Waals surface area (Å²) in [5.41, 5.74) is 0. The fraction of sp³-hybridized carbons (Fsp3) is 0.300. The van der Waals surface area contributed by atoms with E-state index in [4.69, 9.17) is 12.2 Å². The van der Waals surface area contributed by atoms with Crippen molar-refractivity contribution >= 4 is 33.2 Å². The predicted molar refractivity (Wildman–Crippen MR) is 68.4 cm³/mol. The van der Waals surface area contributed by atoms with Crippen LogP contribution in [0.5, 0.6) is 0 Å². The molecular formula is C10H12N2O4S2. The lowest BCUT2D eigenvalue weighted by Crippen LogP contribution is -2.31. The Hall–Kier alpha value is -1.54. The third-order valence-corrected chi connectivity index (χ3v) is 3.45. The lowest BCUT2D eigenvalue weighted by atomic mass is 10.4. The van der Waals surface area contributed by atoms with Gasteiger partial charge in [-0.15, -0.1) is 0 Å². The van der Waals surface area contributed by atoms with Gasteiger partial charge in [0.05, 0.1) is 13.0 Å². The maximum Gasteiger partial charge on any atom is 0.312 e. The molecule has 0 bridgehead atoms. The van der Waals surface area contributed by atoms with Crippen molar-refractivity contribution in [2.45, 2.75) is 18.4 Å². The van der Waals surface area contributed by atoms with Crippen LogP contribution in [0.2, 0.25) is 0 Å². The van der Waals surface area contributed by atoms with Gasteiger partial charge in [0.1, 0.15) is 4.99 Å². The maximum atomic E-state index is 11.8. The van der Waals surface area contributed by atoms with E-state index in [1.165, 1.54) is 18.3 Å². The Morgan fingerprint density at radius 1 is 1.50 bits per heavy atom. The maximum absolute atomic E-state index is 11.8. The molecule has 0 saturated heterocycles. The third-order valence-electron chi connectivity index (χ3n) is 1.77. The van der Waals surface area contributed by atoms with Crippen LogP contribution in [0, 0.1) is 0 Å². The van der Waals surface area contributed by atoms with Crippen molar-refractivity contribution in [3.63, 3.8) is 0 Å². The van der Waals surface area contributed by atoms with Crippen molar-refractivity contribution in [1.29, 1.82) is 0 Å². The van der Waals surface area contributed by atoms with Gasteiger partial charge in [-0.05, 0) is 19.1 Å². The number of thiocarbonyl (C=S) groups is 1. The molecule has 0 fully saturated rings. The Labute approximate surface area is 110 Å². The molecule has 0 aromatic carbocycles. The fourth-order valence-electron chi connectivity index (χ4n) is 1.09. The van der Waals surface area contributed by atoms with Crippen molar-refractivity contribution in [1.82, 2.24) is 9.71 Å². The number of esters is 1. The van der Waals surface area contributed by atoms with Gasteiger partial charge in [0.2, 0.25) is 0 Å². The van der Waals surface area contributed by atoms with Gasteiger partial charge in [0, 0.05) is 6.20 Å². The number of nitrogens with zero attached hydrogens (tertiary/aromatic N) is 1. The van der Waals surface area contributed by atoms with Gasteiger partial charge in [-0.2, -0.15) is 8.42 Å². The summed E-state index contributed by atoms with van der Waals surface area (Å²) in [6.07, 6.45) is 1.07. The van der Waals surface area contributed by atoms with Gasteiger partial charge in [-0.25, -0.2) is 4.98 Å². The van der Waals surface area contributed by atoms with Gasteiger partial charge >= 0.3 is 5.97 Å². The second-order valence-electron chi connectivity index (χ2n) is 3.18. The number of carbonyl (C=O) groups is 1. The molecule has 1 rings (SSSR count). The summed E-state index contributed by atoms with van der Waals surface area (Å²) in [6.45, 7) is 1.87. The molecule has 6 nitrogen and oxygen atoms in total. The first kappa shape index (κ1) is 14.5. The molecule has 0 aliphatic carbocycles. The van der Waals surface area contributed by atoms with Crippen molar-refractivity contribution < 1.29 is 17.9 Å². The number of ether oxygens (including phenoxy) is 1. The normalized spacial score (nSPS) is 10.7. The van der Waals surface area contributed by atoms with Crippen LogP contribution in [0.15, 0.2) is 29.4 Å². The van der Waals surface area contributed by atoms with E-state index in [2.05, 4.69) is 14.4 Å². The minimum absolute atomic E-state index is 0.126. The van der Waals surface area contributed by atoms with Crippen LogP contribution in [-0.4, -0.2) is 31.0 Å². The molecule has 0 atom stereocenters. The summed E-state index contributed by atoms with van der Waals surface area (Å²) in [5.74, 6) is -0.578. The van der Waals surface area contributed by atoms with E-state index >= 15 is 0 Å². The van der Waals surface area contributed by atoms with Gasteiger partial charge in [-0.3, -0.25) is 9.52 Å². The van der Waals surface area contributed by atoms with Crippen molar-refractivity contribution in [3.8, 4) is 0 Å². The Morgan fingerprint density at radius 2 is 2.22 bits per heavy atom. The van der Waals surface area contributed by atoms with E-state index in [9.17, 15) is 13.2 Å². The zero-order chi connectivity index (χ0) is 13.6. The average molecular weight is 288 g/mol. The van der Waals surface area contributed by atoms with Crippen molar-refractivity contribution in [2.75, 3.05) is 6.61 Å². The minimum atomic E-state index is -3.83. The van der Waals surface area contributed by atoms with E-state index in [1.54, 1.807) is 13.0 Å². The van der Waals surface area contributed by atoms with Gasteiger partial charge in [0.15, 0.2) is 5.03 Å². The van der Waals surface area contributed by atoms with E-state index < -0.39 is 16.0 Å². The molecule has 98 valence electrons. The van der Waals surface area contributed by atoms with E-state index in [-0.39, 0.29) is 23.0 Å². The number of sulfonamides is 1. The van der Waals surface area contributed by atoms with Gasteiger partial charge in [0.25, 0.3) is 10.0 Å². The van der Waals surface area contributed by atoms with E-state index in [0.29, 0.717) is 0 Å². The van der Waals surface area contributed by atoms with Crippen LogP contribution in [0.3, 0.4) is 0 Å². The third kappa shape index (κ3) is 4.38. The molecular weight excluding hydrogens is 276 g/mol. The zero-order valence-electron chi connectivity index (χ0n) is 9.62. The molecule has 0 saturated carbocycles. The first-order valence-electron chi connectivity index (χ1n) is 5.08. The molecule has 1 aromatic rings. The SMILES string of the molecule is CCOC(=O)CC(=S)NS(=O)(=O)c1ccccn1. The minimum Gasteiger partial charge on any atom is -0.466 e. The van der Waals surface area contributed by atoms with Crippen LogP contribution < -0.4 is 4.72 Å². The summed E-state index contributed by atoms with van der Waals surface area (Å²) in [6, 6.07) is 4.46. The number of aromatic nitrogens is 1. The summed E-state index contributed by atoms with van der Waals surface area (Å²) in [7, 11) is -3.83. The highest BCUT2D eigenvalue weighted by Crippen LogP contribution is 2.04. The topological polar surface area (TPSA) is 85.4 Å². The second-order valence-corrected chi connectivity index (χ2v) is 5.30. The van der Waals surface area contributed by atoms with E-state index in [0.717, 1.165) is 0 Å². The monoisotopic (exact) mass is 288 g/mol. The lowest BCUT2D eigenvalue weighted by molar-refractivity contribution is -0.141.